The molecule has 0 bridgehead atoms. The number of aliphatic hydroxyl groups is 1. The van der Waals surface area contributed by atoms with Crippen LogP contribution < -0.4 is 4.90 Å². The SMILES string of the molecule is CC(O)(CSc1ncccc1C1=Nc2ccccc2C1)N1CCCc2ccccc21.[HH]. The molecule has 0 aliphatic carbocycles. The van der Waals surface area contributed by atoms with Crippen molar-refractivity contribution in [2.24, 2.45) is 4.99 Å². The van der Waals surface area contributed by atoms with Crippen molar-refractivity contribution in [1.29, 1.82) is 0 Å². The summed E-state index contributed by atoms with van der Waals surface area (Å²) in [6.45, 7) is 2.77. The van der Waals surface area contributed by atoms with Crippen molar-refractivity contribution < 1.29 is 6.53 Å². The van der Waals surface area contributed by atoms with E-state index >= 15 is 0 Å². The molecule has 0 spiro atoms. The summed E-state index contributed by atoms with van der Waals surface area (Å²) in [6.07, 6.45) is 4.77. The molecular formula is C25H27N3OS. The molecule has 1 aromatic heterocycles. The Labute approximate surface area is 183 Å². The Morgan fingerprint density at radius 1 is 1.07 bits per heavy atom. The molecule has 3 heterocycles. The van der Waals surface area contributed by atoms with Gasteiger partial charge in [-0.15, -0.1) is 11.8 Å². The minimum absolute atomic E-state index is 0. The lowest BCUT2D eigenvalue weighted by Gasteiger charge is -2.42. The van der Waals surface area contributed by atoms with Crippen molar-refractivity contribution in [3.05, 3.63) is 83.6 Å². The van der Waals surface area contributed by atoms with Crippen LogP contribution in [0.3, 0.4) is 0 Å². The van der Waals surface area contributed by atoms with Crippen LogP contribution in [-0.4, -0.2) is 33.8 Å². The Morgan fingerprint density at radius 2 is 1.87 bits per heavy atom. The second-order valence-corrected chi connectivity index (χ2v) is 9.07. The number of aliphatic imine (C=N–C) groups is 1. The van der Waals surface area contributed by atoms with Gasteiger partial charge in [-0.3, -0.25) is 4.99 Å². The molecule has 1 atom stereocenters. The summed E-state index contributed by atoms with van der Waals surface area (Å²) in [6, 6.07) is 20.7. The average Bonchev–Trinajstić information content (AvgIpc) is 3.22. The molecule has 0 amide bonds. The van der Waals surface area contributed by atoms with Crippen molar-refractivity contribution in [3.8, 4) is 0 Å². The number of hydrogen-bond donors (Lipinski definition) is 1. The predicted octanol–water partition coefficient (Wildman–Crippen LogP) is 5.26. The molecule has 154 valence electrons. The van der Waals surface area contributed by atoms with Crippen LogP contribution in [0.4, 0.5) is 11.4 Å². The number of rotatable bonds is 5. The van der Waals surface area contributed by atoms with Gasteiger partial charge in [-0.25, -0.2) is 4.98 Å². The minimum Gasteiger partial charge on any atom is -0.370 e. The second-order valence-electron chi connectivity index (χ2n) is 8.11. The van der Waals surface area contributed by atoms with Crippen molar-refractivity contribution in [2.45, 2.75) is 36.9 Å². The van der Waals surface area contributed by atoms with Crippen LogP contribution in [0.1, 0.15) is 31.5 Å². The standard InChI is InChI=1S/C25H25N3OS.H2/c1-25(29,28-15-7-10-18-8-3-5-13-23(18)28)17-30-24-20(11-6-14-26-24)22-16-19-9-2-4-12-21(19)27-22;/h2-6,8-9,11-14,29H,7,10,15-17H2,1H3;1H. The van der Waals surface area contributed by atoms with Gasteiger partial charge in [-0.1, -0.05) is 36.4 Å². The molecule has 30 heavy (non-hydrogen) atoms. The quantitative estimate of drug-likeness (QED) is 0.576. The van der Waals surface area contributed by atoms with Crippen LogP contribution >= 0.6 is 11.8 Å². The Balaban J connectivity index is 0.00000231. The van der Waals surface area contributed by atoms with Gasteiger partial charge in [0, 0.05) is 37.6 Å². The van der Waals surface area contributed by atoms with Crippen LogP contribution in [0.25, 0.3) is 0 Å². The Hall–Kier alpha value is -2.63. The van der Waals surface area contributed by atoms with Gasteiger partial charge in [-0.05, 0) is 55.2 Å². The highest BCUT2D eigenvalue weighted by Crippen LogP contribution is 2.36. The molecule has 0 radical (unpaired) electrons. The molecule has 5 heteroatoms. The monoisotopic (exact) mass is 417 g/mol. The van der Waals surface area contributed by atoms with E-state index in [0.717, 1.165) is 53.5 Å². The lowest BCUT2D eigenvalue weighted by molar-refractivity contribution is 0.0790. The van der Waals surface area contributed by atoms with E-state index in [1.54, 1.807) is 11.8 Å². The maximum absolute atomic E-state index is 11.4. The van der Waals surface area contributed by atoms with Gasteiger partial charge in [0.15, 0.2) is 0 Å². The third-order valence-electron chi connectivity index (χ3n) is 5.86. The van der Waals surface area contributed by atoms with Crippen LogP contribution in [0, 0.1) is 0 Å². The van der Waals surface area contributed by atoms with Gasteiger partial charge < -0.3 is 10.0 Å². The molecule has 2 aliphatic heterocycles. The number of benzene rings is 2. The van der Waals surface area contributed by atoms with Gasteiger partial charge in [-0.2, -0.15) is 0 Å². The lowest BCUT2D eigenvalue weighted by atomic mass is 10.00. The summed E-state index contributed by atoms with van der Waals surface area (Å²) in [5.41, 5.74) is 5.91. The second kappa shape index (κ2) is 7.89. The highest BCUT2D eigenvalue weighted by Gasteiger charge is 2.33. The van der Waals surface area contributed by atoms with Crippen molar-refractivity contribution in [3.63, 3.8) is 0 Å². The Bertz CT molecular complexity index is 1120. The Kier molecular flexibility index (Phi) is 5.09. The zero-order chi connectivity index (χ0) is 20.6. The van der Waals surface area contributed by atoms with Crippen LogP contribution in [0.2, 0.25) is 0 Å². The van der Waals surface area contributed by atoms with Crippen molar-refractivity contribution >= 4 is 28.8 Å². The van der Waals surface area contributed by atoms with Crippen LogP contribution in [0.15, 0.2) is 76.9 Å². The molecule has 1 unspecified atom stereocenters. The van der Waals surface area contributed by atoms with E-state index in [1.165, 1.54) is 11.1 Å². The maximum Gasteiger partial charge on any atom is 0.144 e. The highest BCUT2D eigenvalue weighted by atomic mass is 32.2. The number of fused-ring (bicyclic) bond motifs is 2. The minimum atomic E-state index is -0.962. The van der Waals surface area contributed by atoms with Gasteiger partial charge in [0.05, 0.1) is 11.4 Å². The number of aromatic nitrogens is 1. The summed E-state index contributed by atoms with van der Waals surface area (Å²) in [5.74, 6) is 0.533. The summed E-state index contributed by atoms with van der Waals surface area (Å²) in [7, 11) is 0. The average molecular weight is 418 g/mol. The van der Waals surface area contributed by atoms with E-state index in [-0.39, 0.29) is 1.43 Å². The first kappa shape index (κ1) is 19.3. The Morgan fingerprint density at radius 3 is 2.73 bits per heavy atom. The van der Waals surface area contributed by atoms with E-state index < -0.39 is 5.72 Å². The zero-order valence-electron chi connectivity index (χ0n) is 17.1. The molecule has 4 nitrogen and oxygen atoms in total. The van der Waals surface area contributed by atoms with Crippen molar-refractivity contribution in [1.82, 2.24) is 4.98 Å². The first-order valence-corrected chi connectivity index (χ1v) is 11.4. The summed E-state index contributed by atoms with van der Waals surface area (Å²) in [5, 5.41) is 12.3. The van der Waals surface area contributed by atoms with Gasteiger partial charge in [0.2, 0.25) is 0 Å². The van der Waals surface area contributed by atoms with Crippen LogP contribution in [0.5, 0.6) is 0 Å². The van der Waals surface area contributed by atoms with E-state index in [1.807, 2.05) is 31.3 Å². The van der Waals surface area contributed by atoms with E-state index in [9.17, 15) is 5.11 Å². The maximum atomic E-state index is 11.4. The summed E-state index contributed by atoms with van der Waals surface area (Å²) < 4.78 is 0. The molecule has 0 saturated carbocycles. The van der Waals surface area contributed by atoms with E-state index in [2.05, 4.69) is 52.3 Å². The molecule has 1 N–H and O–H groups in total. The fourth-order valence-corrected chi connectivity index (χ4v) is 5.38. The number of nitrogens with zero attached hydrogens (tertiary/aromatic N) is 3. The molecule has 0 fully saturated rings. The van der Waals surface area contributed by atoms with E-state index in [0.29, 0.717) is 5.75 Å². The first-order chi connectivity index (χ1) is 14.6. The number of pyridine rings is 1. The van der Waals surface area contributed by atoms with Gasteiger partial charge >= 0.3 is 0 Å². The largest absolute Gasteiger partial charge is 0.370 e. The number of hydrogen-bond acceptors (Lipinski definition) is 5. The highest BCUT2D eigenvalue weighted by molar-refractivity contribution is 7.99. The number of aryl methyl sites for hydroxylation is 1. The number of thioether (sulfide) groups is 1. The first-order valence-electron chi connectivity index (χ1n) is 10.4. The third-order valence-corrected chi connectivity index (χ3v) is 7.15. The molecule has 0 saturated heterocycles. The molecule has 2 aliphatic rings. The predicted molar refractivity (Wildman–Crippen MR) is 126 cm³/mol. The van der Waals surface area contributed by atoms with Gasteiger partial charge in [0.25, 0.3) is 0 Å². The third kappa shape index (κ3) is 3.64. The smallest absolute Gasteiger partial charge is 0.144 e. The van der Waals surface area contributed by atoms with Crippen molar-refractivity contribution in [2.75, 3.05) is 17.2 Å². The topological polar surface area (TPSA) is 48.7 Å². The van der Waals surface area contributed by atoms with Crippen LogP contribution in [-0.2, 0) is 12.8 Å². The van der Waals surface area contributed by atoms with Gasteiger partial charge in [0.1, 0.15) is 10.8 Å². The molecular weight excluding hydrogens is 390 g/mol. The fourth-order valence-electron chi connectivity index (χ4n) is 4.33. The van der Waals surface area contributed by atoms with E-state index in [4.69, 9.17) is 4.99 Å². The summed E-state index contributed by atoms with van der Waals surface area (Å²) in [4.78, 5) is 11.6. The zero-order valence-corrected chi connectivity index (χ0v) is 17.9. The fraction of sp³-hybridized carbons (Fsp3) is 0.280. The number of para-hydroxylation sites is 2. The molecule has 5 rings (SSSR count). The summed E-state index contributed by atoms with van der Waals surface area (Å²) >= 11 is 1.60. The lowest BCUT2D eigenvalue weighted by Crippen LogP contribution is -2.51. The normalized spacial score (nSPS) is 17.1. The molecule has 2 aromatic carbocycles. The molecule has 3 aromatic rings. The number of anilines is 1.